The van der Waals surface area contributed by atoms with Crippen LogP contribution in [0.3, 0.4) is 0 Å². The van der Waals surface area contributed by atoms with E-state index in [-0.39, 0.29) is 6.54 Å². The Morgan fingerprint density at radius 2 is 2.11 bits per heavy atom. The Bertz CT molecular complexity index is 433. The number of pyridine rings is 1. The Balaban J connectivity index is 2.65. The highest BCUT2D eigenvalue weighted by Crippen LogP contribution is 2.19. The number of aryl methyl sites for hydroxylation is 1. The topological polar surface area (TPSA) is 51.2 Å². The fourth-order valence-electron chi connectivity index (χ4n) is 1.32. The number of alkyl halides is 3. The maximum Gasteiger partial charge on any atom is 0.390 e. The van der Waals surface area contributed by atoms with Crippen LogP contribution in [0.4, 0.5) is 19.0 Å². The maximum atomic E-state index is 11.9. The van der Waals surface area contributed by atoms with E-state index < -0.39 is 18.6 Å². The molecule has 0 bridgehead atoms. The smallest absolute Gasteiger partial charge is 0.390 e. The van der Waals surface area contributed by atoms with E-state index in [4.69, 9.17) is 0 Å². The van der Waals surface area contributed by atoms with Crippen LogP contribution in [-0.4, -0.2) is 30.8 Å². The molecule has 0 aliphatic heterocycles. The number of carbonyl (C=O) groups excluding carboxylic acids is 1. The first kappa shape index (κ1) is 14.3. The molecule has 0 aliphatic carbocycles. The molecule has 18 heavy (non-hydrogen) atoms. The number of halogens is 3. The Morgan fingerprint density at radius 3 is 2.61 bits per heavy atom. The van der Waals surface area contributed by atoms with Crippen LogP contribution >= 0.6 is 0 Å². The monoisotopic (exact) mass is 262 g/mol. The molecule has 1 heterocycles. The van der Waals surface area contributed by atoms with Crippen LogP contribution in [0.25, 0.3) is 0 Å². The van der Waals surface area contributed by atoms with Crippen molar-refractivity contribution in [1.29, 1.82) is 0 Å². The molecule has 0 radical (unpaired) electrons. The predicted molar refractivity (Wildman–Crippen MR) is 59.5 cm³/mol. The van der Waals surface area contributed by atoms with Gasteiger partial charge >= 0.3 is 12.1 Å². The van der Waals surface area contributed by atoms with E-state index in [0.717, 1.165) is 0 Å². The molecule has 1 aromatic rings. The summed E-state index contributed by atoms with van der Waals surface area (Å²) in [5.41, 5.74) is 0.692. The van der Waals surface area contributed by atoms with Crippen LogP contribution < -0.4 is 5.32 Å². The number of nitrogens with one attached hydrogen (secondary N) is 1. The lowest BCUT2D eigenvalue weighted by Gasteiger charge is -2.10. The number of esters is 1. The summed E-state index contributed by atoms with van der Waals surface area (Å²) in [6.45, 7) is 1.33. The van der Waals surface area contributed by atoms with Gasteiger partial charge in [-0.25, -0.2) is 9.78 Å². The van der Waals surface area contributed by atoms with Crippen molar-refractivity contribution in [3.63, 3.8) is 0 Å². The van der Waals surface area contributed by atoms with Gasteiger partial charge in [-0.2, -0.15) is 13.2 Å². The van der Waals surface area contributed by atoms with Crippen molar-refractivity contribution in [3.05, 3.63) is 23.4 Å². The molecule has 1 N–H and O–H groups in total. The second-order valence-electron chi connectivity index (χ2n) is 3.61. The van der Waals surface area contributed by atoms with E-state index >= 15 is 0 Å². The van der Waals surface area contributed by atoms with E-state index in [2.05, 4.69) is 15.0 Å². The minimum Gasteiger partial charge on any atom is -0.465 e. The zero-order valence-electron chi connectivity index (χ0n) is 9.97. The summed E-state index contributed by atoms with van der Waals surface area (Å²) in [4.78, 5) is 15.2. The molecule has 100 valence electrons. The second-order valence-corrected chi connectivity index (χ2v) is 3.61. The number of aromatic nitrogens is 1. The highest BCUT2D eigenvalue weighted by Gasteiger charge is 2.26. The maximum absolute atomic E-state index is 11.9. The molecule has 0 saturated heterocycles. The number of rotatable bonds is 4. The molecule has 4 nitrogen and oxygen atoms in total. The quantitative estimate of drug-likeness (QED) is 0.847. The van der Waals surface area contributed by atoms with Crippen LogP contribution in [0.15, 0.2) is 12.1 Å². The van der Waals surface area contributed by atoms with Crippen LogP contribution in [0, 0.1) is 6.92 Å². The molecular formula is C11H13F3N2O2. The van der Waals surface area contributed by atoms with Gasteiger partial charge in [0.1, 0.15) is 5.82 Å². The molecule has 0 aromatic carbocycles. The molecule has 0 unspecified atom stereocenters. The van der Waals surface area contributed by atoms with Gasteiger partial charge in [0.15, 0.2) is 0 Å². The summed E-state index contributed by atoms with van der Waals surface area (Å²) in [7, 11) is 1.25. The van der Waals surface area contributed by atoms with Gasteiger partial charge < -0.3 is 10.1 Å². The number of methoxy groups -OCH3 is 1. The zero-order chi connectivity index (χ0) is 13.8. The van der Waals surface area contributed by atoms with E-state index in [9.17, 15) is 18.0 Å². The normalized spacial score (nSPS) is 11.2. The summed E-state index contributed by atoms with van der Waals surface area (Å²) >= 11 is 0. The number of nitrogens with zero attached hydrogens (tertiary/aromatic N) is 1. The predicted octanol–water partition coefficient (Wildman–Crippen LogP) is 2.54. The van der Waals surface area contributed by atoms with Crippen LogP contribution in [0.5, 0.6) is 0 Å². The molecule has 0 aliphatic rings. The first-order valence-electron chi connectivity index (χ1n) is 5.20. The standard InChI is InChI=1S/C11H13F3N2O2/c1-7-8(10(17)18-2)3-4-9(16-7)15-6-5-11(12,13)14/h3-4H,5-6H2,1-2H3,(H,15,16). The second kappa shape index (κ2) is 5.70. The minimum absolute atomic E-state index is 0.256. The zero-order valence-corrected chi connectivity index (χ0v) is 9.97. The highest BCUT2D eigenvalue weighted by molar-refractivity contribution is 5.90. The van der Waals surface area contributed by atoms with Crippen molar-refractivity contribution in [2.75, 3.05) is 19.0 Å². The lowest BCUT2D eigenvalue weighted by atomic mass is 10.2. The third kappa shape index (κ3) is 4.23. The molecule has 0 amide bonds. The minimum atomic E-state index is -4.20. The Labute approximate surface area is 102 Å². The van der Waals surface area contributed by atoms with Gasteiger partial charge in [0.2, 0.25) is 0 Å². The first-order valence-corrected chi connectivity index (χ1v) is 5.20. The fourth-order valence-corrected chi connectivity index (χ4v) is 1.32. The Hall–Kier alpha value is -1.79. The number of carbonyl (C=O) groups is 1. The van der Waals surface area contributed by atoms with E-state index in [1.54, 1.807) is 6.92 Å². The summed E-state index contributed by atoms with van der Waals surface area (Å²) in [5.74, 6) is -0.230. The van der Waals surface area contributed by atoms with Crippen molar-refractivity contribution in [2.45, 2.75) is 19.5 Å². The fraction of sp³-hybridized carbons (Fsp3) is 0.455. The van der Waals surface area contributed by atoms with Crippen molar-refractivity contribution >= 4 is 11.8 Å². The molecule has 1 aromatic heterocycles. The lowest BCUT2D eigenvalue weighted by molar-refractivity contribution is -0.131. The molecule has 0 saturated carbocycles. The van der Waals surface area contributed by atoms with E-state index in [0.29, 0.717) is 17.1 Å². The molecule has 0 atom stereocenters. The third-order valence-electron chi connectivity index (χ3n) is 2.21. The van der Waals surface area contributed by atoms with Gasteiger partial charge in [0, 0.05) is 6.54 Å². The average Bonchev–Trinajstić information content (AvgIpc) is 2.26. The number of anilines is 1. The number of ether oxygens (including phenoxy) is 1. The van der Waals surface area contributed by atoms with Crippen molar-refractivity contribution < 1.29 is 22.7 Å². The summed E-state index contributed by atoms with van der Waals surface area (Å²) in [5, 5.41) is 2.54. The molecular weight excluding hydrogens is 249 g/mol. The Morgan fingerprint density at radius 1 is 1.44 bits per heavy atom. The lowest BCUT2D eigenvalue weighted by Crippen LogP contribution is -2.15. The largest absolute Gasteiger partial charge is 0.465 e. The van der Waals surface area contributed by atoms with Crippen molar-refractivity contribution in [2.24, 2.45) is 0 Å². The van der Waals surface area contributed by atoms with E-state index in [1.165, 1.54) is 19.2 Å². The molecule has 0 spiro atoms. The van der Waals surface area contributed by atoms with Gasteiger partial charge in [-0.05, 0) is 19.1 Å². The summed E-state index contributed by atoms with van der Waals surface area (Å²) in [6, 6.07) is 2.90. The van der Waals surface area contributed by atoms with Gasteiger partial charge in [0.25, 0.3) is 0 Å². The van der Waals surface area contributed by atoms with Gasteiger partial charge in [-0.15, -0.1) is 0 Å². The van der Waals surface area contributed by atoms with Gasteiger partial charge in [-0.1, -0.05) is 0 Å². The van der Waals surface area contributed by atoms with Crippen molar-refractivity contribution in [3.8, 4) is 0 Å². The van der Waals surface area contributed by atoms with Crippen LogP contribution in [0.1, 0.15) is 22.5 Å². The van der Waals surface area contributed by atoms with Gasteiger partial charge in [-0.3, -0.25) is 0 Å². The summed E-state index contributed by atoms with van der Waals surface area (Å²) in [6.07, 6.45) is -5.14. The summed E-state index contributed by atoms with van der Waals surface area (Å²) < 4.78 is 40.3. The molecule has 0 fully saturated rings. The SMILES string of the molecule is COC(=O)c1ccc(NCCC(F)(F)F)nc1C. The first-order chi connectivity index (χ1) is 8.33. The van der Waals surface area contributed by atoms with Crippen LogP contribution in [0.2, 0.25) is 0 Å². The van der Waals surface area contributed by atoms with Crippen molar-refractivity contribution in [1.82, 2.24) is 4.98 Å². The average molecular weight is 262 g/mol. The van der Waals surface area contributed by atoms with E-state index in [1.807, 2.05) is 0 Å². The molecule has 1 rings (SSSR count). The third-order valence-corrected chi connectivity index (χ3v) is 2.21. The highest BCUT2D eigenvalue weighted by atomic mass is 19.4. The van der Waals surface area contributed by atoms with Gasteiger partial charge in [0.05, 0.1) is 24.8 Å². The van der Waals surface area contributed by atoms with Crippen LogP contribution in [-0.2, 0) is 4.74 Å². The molecule has 7 heteroatoms. The number of hydrogen-bond donors (Lipinski definition) is 1. The number of hydrogen-bond acceptors (Lipinski definition) is 4. The Kier molecular flexibility index (Phi) is 4.52.